The van der Waals surface area contributed by atoms with E-state index in [1.807, 2.05) is 0 Å². The van der Waals surface area contributed by atoms with Crippen molar-refractivity contribution < 1.29 is 25.9 Å². The first-order valence-electron chi connectivity index (χ1n) is 6.89. The molecule has 136 valence electrons. The quantitative estimate of drug-likeness (QED) is 0.543. The molecule has 0 bridgehead atoms. The normalized spacial score (nSPS) is 12.2. The molecule has 0 atom stereocenters. The number of pyridine rings is 1. The Morgan fingerprint density at radius 2 is 1.54 bits per heavy atom. The minimum atomic E-state index is -4.79. The fraction of sp³-hybridized carbons (Fsp3) is 0. The number of hydrogen-bond donors (Lipinski definition) is 3. The van der Waals surface area contributed by atoms with Gasteiger partial charge in [0.15, 0.2) is 0 Å². The Labute approximate surface area is 147 Å². The maximum absolute atomic E-state index is 12.2. The van der Waals surface area contributed by atoms with Gasteiger partial charge in [0.1, 0.15) is 0 Å². The minimum Gasteiger partial charge on any atom is -0.289 e. The van der Waals surface area contributed by atoms with Crippen LogP contribution >= 0.6 is 0 Å². The van der Waals surface area contributed by atoms with Crippen molar-refractivity contribution in [1.82, 2.24) is 14.8 Å². The number of H-pyrrole nitrogens is 1. The fourth-order valence-electron chi connectivity index (χ4n) is 2.22. The van der Waals surface area contributed by atoms with E-state index in [9.17, 15) is 30.7 Å². The lowest BCUT2D eigenvalue weighted by Gasteiger charge is -2.07. The second-order valence-electron chi connectivity index (χ2n) is 5.17. The zero-order valence-electron chi connectivity index (χ0n) is 12.8. The van der Waals surface area contributed by atoms with Crippen LogP contribution in [0, 0.1) is 0 Å². The first-order chi connectivity index (χ1) is 12.1. The molecule has 0 aliphatic carbocycles. The summed E-state index contributed by atoms with van der Waals surface area (Å²) in [6.07, 6.45) is 1.50. The topological polar surface area (TPSA) is 159 Å². The van der Waals surface area contributed by atoms with Gasteiger partial charge < -0.3 is 0 Å². The molecule has 0 aliphatic heterocycles. The molecule has 12 heteroatoms. The van der Waals surface area contributed by atoms with Crippen LogP contribution in [0.5, 0.6) is 0 Å². The van der Waals surface area contributed by atoms with Crippen LogP contribution in [-0.4, -0.2) is 40.7 Å². The summed E-state index contributed by atoms with van der Waals surface area (Å²) in [5, 5.41) is 2.66. The Hall–Kier alpha value is -2.80. The third kappa shape index (κ3) is 3.57. The maximum Gasteiger partial charge on any atom is 0.294 e. The van der Waals surface area contributed by atoms with Gasteiger partial charge in [-0.2, -0.15) is 16.8 Å². The van der Waals surface area contributed by atoms with Crippen molar-refractivity contribution in [3.05, 3.63) is 59.0 Å². The van der Waals surface area contributed by atoms with Crippen LogP contribution in [0.4, 0.5) is 0 Å². The number of rotatable bonds is 4. The van der Waals surface area contributed by atoms with Gasteiger partial charge in [0.2, 0.25) is 0 Å². The average molecular weight is 397 g/mol. The summed E-state index contributed by atoms with van der Waals surface area (Å²) in [6, 6.07) is 8.49. The highest BCUT2D eigenvalue weighted by Gasteiger charge is 2.20. The molecule has 0 saturated carbocycles. The van der Waals surface area contributed by atoms with E-state index in [2.05, 4.69) is 10.1 Å². The molecule has 0 saturated heterocycles. The van der Waals surface area contributed by atoms with Crippen LogP contribution in [0.25, 0.3) is 17.1 Å². The molecule has 10 nitrogen and oxygen atoms in total. The van der Waals surface area contributed by atoms with Crippen molar-refractivity contribution in [2.45, 2.75) is 9.79 Å². The molecule has 3 rings (SSSR count). The number of aromatic amines is 1. The van der Waals surface area contributed by atoms with E-state index in [1.54, 1.807) is 18.2 Å². The zero-order chi connectivity index (χ0) is 19.1. The third-order valence-electron chi connectivity index (χ3n) is 3.38. The van der Waals surface area contributed by atoms with Gasteiger partial charge in [-0.05, 0) is 30.3 Å². The minimum absolute atomic E-state index is 0.222. The highest BCUT2D eigenvalue weighted by molar-refractivity contribution is 7.86. The van der Waals surface area contributed by atoms with Crippen molar-refractivity contribution >= 4 is 20.2 Å². The van der Waals surface area contributed by atoms with Crippen LogP contribution < -0.4 is 5.56 Å². The molecule has 3 aromatic rings. The molecule has 0 amide bonds. The maximum atomic E-state index is 12.2. The largest absolute Gasteiger partial charge is 0.294 e. The Morgan fingerprint density at radius 3 is 2.04 bits per heavy atom. The third-order valence-corrected chi connectivity index (χ3v) is 5.04. The second kappa shape index (κ2) is 6.17. The van der Waals surface area contributed by atoms with Gasteiger partial charge in [-0.25, -0.2) is 4.68 Å². The molecule has 1 aromatic carbocycles. The predicted molar refractivity (Wildman–Crippen MR) is 89.2 cm³/mol. The lowest BCUT2D eigenvalue weighted by Crippen LogP contribution is -2.15. The van der Waals surface area contributed by atoms with Crippen molar-refractivity contribution in [1.29, 1.82) is 0 Å². The van der Waals surface area contributed by atoms with E-state index in [1.165, 1.54) is 12.3 Å². The van der Waals surface area contributed by atoms with Crippen LogP contribution in [0.1, 0.15) is 0 Å². The Balaban J connectivity index is 2.25. The Kier molecular flexibility index (Phi) is 4.28. The van der Waals surface area contributed by atoms with Crippen LogP contribution in [0.15, 0.2) is 63.2 Å². The first kappa shape index (κ1) is 18.0. The first-order valence-corrected chi connectivity index (χ1v) is 9.78. The van der Waals surface area contributed by atoms with Gasteiger partial charge in [0, 0.05) is 12.3 Å². The number of hydrogen-bond acceptors (Lipinski definition) is 6. The number of aromatic nitrogens is 3. The lowest BCUT2D eigenvalue weighted by atomic mass is 10.3. The molecule has 0 radical (unpaired) electrons. The number of nitrogens with zero attached hydrogens (tertiary/aromatic N) is 2. The van der Waals surface area contributed by atoms with Crippen molar-refractivity contribution in [2.24, 2.45) is 0 Å². The lowest BCUT2D eigenvalue weighted by molar-refractivity contribution is 0.481. The highest BCUT2D eigenvalue weighted by Crippen LogP contribution is 2.21. The molecule has 0 spiro atoms. The van der Waals surface area contributed by atoms with Crippen molar-refractivity contribution in [3.8, 4) is 17.1 Å². The summed E-state index contributed by atoms with van der Waals surface area (Å²) in [5.74, 6) is 0. The summed E-state index contributed by atoms with van der Waals surface area (Å²) in [4.78, 5) is 14.7. The fourth-order valence-corrected chi connectivity index (χ4v) is 3.39. The summed E-state index contributed by atoms with van der Waals surface area (Å²) >= 11 is 0. The summed E-state index contributed by atoms with van der Waals surface area (Å²) in [5.41, 5.74) is -0.148. The standard InChI is InChI=1S/C14H11N3O7S2/c18-14-8-13(12-3-1-2-4-15-12)16-17(14)9-5-10(25(19,20)21)7-11(6-9)26(22,23)24/h1-8,16H,(H,19,20,21)(H,22,23,24). The van der Waals surface area contributed by atoms with Crippen LogP contribution in [0.3, 0.4) is 0 Å². The van der Waals surface area contributed by atoms with Gasteiger partial charge in [-0.3, -0.25) is 24.0 Å². The summed E-state index contributed by atoms with van der Waals surface area (Å²) in [7, 11) is -9.58. The van der Waals surface area contributed by atoms with Gasteiger partial charge in [-0.1, -0.05) is 6.07 Å². The molecule has 3 N–H and O–H groups in total. The number of nitrogens with one attached hydrogen (secondary N) is 1. The zero-order valence-corrected chi connectivity index (χ0v) is 14.4. The molecule has 0 fully saturated rings. The van der Waals surface area contributed by atoms with Gasteiger partial charge in [-0.15, -0.1) is 0 Å². The van der Waals surface area contributed by atoms with Gasteiger partial charge in [0.25, 0.3) is 25.8 Å². The van der Waals surface area contributed by atoms with E-state index in [4.69, 9.17) is 0 Å². The second-order valence-corrected chi connectivity index (χ2v) is 8.01. The molecular formula is C14H11N3O7S2. The average Bonchev–Trinajstić information content (AvgIpc) is 2.95. The van der Waals surface area contributed by atoms with E-state index in [0.29, 0.717) is 17.5 Å². The summed E-state index contributed by atoms with van der Waals surface area (Å²) < 4.78 is 64.8. The Bertz CT molecular complexity index is 1190. The summed E-state index contributed by atoms with van der Waals surface area (Å²) in [6.45, 7) is 0. The molecule has 26 heavy (non-hydrogen) atoms. The Morgan fingerprint density at radius 1 is 0.923 bits per heavy atom. The van der Waals surface area contributed by atoms with E-state index in [0.717, 1.165) is 16.8 Å². The molecule has 2 heterocycles. The van der Waals surface area contributed by atoms with Crippen LogP contribution in [-0.2, 0) is 20.2 Å². The smallest absolute Gasteiger partial charge is 0.289 e. The van der Waals surface area contributed by atoms with E-state index >= 15 is 0 Å². The monoisotopic (exact) mass is 397 g/mol. The van der Waals surface area contributed by atoms with Gasteiger partial charge in [0.05, 0.1) is 26.9 Å². The molecule has 0 unspecified atom stereocenters. The van der Waals surface area contributed by atoms with Crippen molar-refractivity contribution in [3.63, 3.8) is 0 Å². The van der Waals surface area contributed by atoms with E-state index in [-0.39, 0.29) is 5.69 Å². The van der Waals surface area contributed by atoms with Gasteiger partial charge >= 0.3 is 0 Å². The predicted octanol–water partition coefficient (Wildman–Crippen LogP) is 0.721. The van der Waals surface area contributed by atoms with E-state index < -0.39 is 35.6 Å². The highest BCUT2D eigenvalue weighted by atomic mass is 32.2. The molecule has 2 aromatic heterocycles. The van der Waals surface area contributed by atoms with Crippen LogP contribution in [0.2, 0.25) is 0 Å². The van der Waals surface area contributed by atoms with Crippen molar-refractivity contribution in [2.75, 3.05) is 0 Å². The molecular weight excluding hydrogens is 386 g/mol. The number of benzene rings is 1. The SMILES string of the molecule is O=c1cc(-c2ccccn2)[nH]n1-c1cc(S(=O)(=O)O)cc(S(=O)(=O)O)c1. The molecule has 0 aliphatic rings.